The highest BCUT2D eigenvalue weighted by atomic mass is 32.1. The fourth-order valence-electron chi connectivity index (χ4n) is 5.34. The van der Waals surface area contributed by atoms with Gasteiger partial charge in [-0.05, 0) is 41.2 Å². The van der Waals surface area contributed by atoms with E-state index in [0.717, 1.165) is 11.6 Å². The molecule has 0 spiro atoms. The second kappa shape index (κ2) is 8.52. The summed E-state index contributed by atoms with van der Waals surface area (Å²) < 4.78 is 2.70. The van der Waals surface area contributed by atoms with Gasteiger partial charge in [0, 0.05) is 31.9 Å². The molecule has 6 rings (SSSR count). The minimum absolute atomic E-state index is 0.840. The predicted molar refractivity (Wildman–Crippen MR) is 138 cm³/mol. The highest BCUT2D eigenvalue weighted by molar-refractivity contribution is 7.26. The Bertz CT molecular complexity index is 1380. The largest absolute Gasteiger partial charge is 0.256 e. The molecule has 0 radical (unpaired) electrons. The molecule has 0 amide bonds. The van der Waals surface area contributed by atoms with Gasteiger partial charge in [0.15, 0.2) is 0 Å². The quantitative estimate of drug-likeness (QED) is 0.276. The van der Waals surface area contributed by atoms with Crippen molar-refractivity contribution in [3.05, 3.63) is 90.6 Å². The molecule has 0 saturated heterocycles. The first-order valence-corrected chi connectivity index (χ1v) is 12.6. The van der Waals surface area contributed by atoms with Gasteiger partial charge in [-0.25, -0.2) is 0 Å². The summed E-state index contributed by atoms with van der Waals surface area (Å²) in [5, 5.41) is 2.67. The molecule has 0 N–H and O–H groups in total. The normalized spacial score (nSPS) is 14.9. The molecule has 1 saturated carbocycles. The molecule has 1 aliphatic carbocycles. The van der Waals surface area contributed by atoms with Crippen LogP contribution in [0.2, 0.25) is 0 Å². The van der Waals surface area contributed by atoms with Crippen molar-refractivity contribution in [1.29, 1.82) is 0 Å². The number of aromatic nitrogens is 1. The number of pyridine rings is 1. The summed E-state index contributed by atoms with van der Waals surface area (Å²) in [6.45, 7) is 0. The minimum atomic E-state index is 0.840. The van der Waals surface area contributed by atoms with Crippen molar-refractivity contribution in [1.82, 2.24) is 4.98 Å². The van der Waals surface area contributed by atoms with E-state index in [4.69, 9.17) is 4.98 Å². The summed E-state index contributed by atoms with van der Waals surface area (Å²) in [5.74, 6) is 0.840. The second-order valence-corrected chi connectivity index (χ2v) is 10.1. The molecule has 0 atom stereocenters. The molecule has 32 heavy (non-hydrogen) atoms. The second-order valence-electron chi connectivity index (χ2n) is 9.09. The molecule has 0 aliphatic heterocycles. The van der Waals surface area contributed by atoms with E-state index in [2.05, 4.69) is 78.9 Å². The average Bonchev–Trinajstić information content (AvgIpc) is 3.24. The smallest absolute Gasteiger partial charge is 0.0719 e. The fourth-order valence-corrected chi connectivity index (χ4v) is 6.70. The lowest BCUT2D eigenvalue weighted by molar-refractivity contribution is 0.356. The first-order chi connectivity index (χ1) is 15.9. The number of nitrogens with zero attached hydrogens (tertiary/aromatic N) is 1. The number of rotatable bonds is 4. The van der Waals surface area contributed by atoms with Gasteiger partial charge in [-0.1, -0.05) is 98.8 Å². The molecule has 1 fully saturated rings. The Hall–Kier alpha value is -2.97. The zero-order valence-electron chi connectivity index (χ0n) is 18.3. The average molecular weight is 434 g/mol. The Morgan fingerprint density at radius 2 is 1.44 bits per heavy atom. The van der Waals surface area contributed by atoms with Gasteiger partial charge in [-0.2, -0.15) is 0 Å². The Labute approximate surface area is 193 Å². The number of fused-ring (bicyclic) bond motifs is 3. The first kappa shape index (κ1) is 19.7. The molecule has 2 aromatic heterocycles. The van der Waals surface area contributed by atoms with Crippen LogP contribution >= 0.6 is 11.3 Å². The summed E-state index contributed by atoms with van der Waals surface area (Å²) in [6.07, 6.45) is 10.2. The highest BCUT2D eigenvalue weighted by Gasteiger charge is 2.16. The predicted octanol–water partition coefficient (Wildman–Crippen LogP) is 8.91. The van der Waals surface area contributed by atoms with Gasteiger partial charge in [0.1, 0.15) is 0 Å². The van der Waals surface area contributed by atoms with Crippen LogP contribution in [-0.2, 0) is 6.42 Å². The highest BCUT2D eigenvalue weighted by Crippen LogP contribution is 2.43. The number of benzene rings is 3. The van der Waals surface area contributed by atoms with Crippen molar-refractivity contribution in [3.63, 3.8) is 0 Å². The van der Waals surface area contributed by atoms with Crippen molar-refractivity contribution in [2.24, 2.45) is 5.92 Å². The Balaban J connectivity index is 1.46. The van der Waals surface area contributed by atoms with Gasteiger partial charge in [-0.15, -0.1) is 11.3 Å². The SMILES string of the molecule is c1ccc(-c2cccc3c2sc2c(-c4cc(CC5CCCCC5)ccn4)cccc23)cc1. The van der Waals surface area contributed by atoms with Gasteiger partial charge < -0.3 is 0 Å². The maximum atomic E-state index is 4.81. The van der Waals surface area contributed by atoms with Crippen LogP contribution in [0.3, 0.4) is 0 Å². The Morgan fingerprint density at radius 1 is 0.719 bits per heavy atom. The van der Waals surface area contributed by atoms with E-state index in [0.29, 0.717) is 0 Å². The van der Waals surface area contributed by atoms with E-state index < -0.39 is 0 Å². The molecule has 2 heterocycles. The van der Waals surface area contributed by atoms with Crippen LogP contribution in [0.15, 0.2) is 85.1 Å². The Kier molecular flexibility index (Phi) is 5.24. The molecule has 1 aliphatic rings. The van der Waals surface area contributed by atoms with Gasteiger partial charge in [-0.3, -0.25) is 4.98 Å². The molecular weight excluding hydrogens is 406 g/mol. The van der Waals surface area contributed by atoms with E-state index in [-0.39, 0.29) is 0 Å². The van der Waals surface area contributed by atoms with E-state index in [9.17, 15) is 0 Å². The third-order valence-corrected chi connectivity index (χ3v) is 8.25. The van der Waals surface area contributed by atoms with Crippen LogP contribution in [0.5, 0.6) is 0 Å². The van der Waals surface area contributed by atoms with E-state index in [1.165, 1.54) is 81.0 Å². The number of hydrogen-bond acceptors (Lipinski definition) is 2. The lowest BCUT2D eigenvalue weighted by Gasteiger charge is -2.21. The van der Waals surface area contributed by atoms with Crippen LogP contribution in [-0.4, -0.2) is 4.98 Å². The standard InChI is InChI=1S/C30H27NS/c1-3-9-21(10-4-1)19-22-17-18-31-28(20-22)27-16-8-15-26-25-14-7-13-24(29(25)32-30(26)27)23-11-5-2-6-12-23/h2,5-8,11-18,20-21H,1,3-4,9-10,19H2. The van der Waals surface area contributed by atoms with Gasteiger partial charge in [0.2, 0.25) is 0 Å². The van der Waals surface area contributed by atoms with Crippen LogP contribution in [0.25, 0.3) is 42.6 Å². The van der Waals surface area contributed by atoms with Crippen molar-refractivity contribution in [2.45, 2.75) is 38.5 Å². The lowest BCUT2D eigenvalue weighted by Crippen LogP contribution is -2.09. The number of thiophene rings is 1. The van der Waals surface area contributed by atoms with Gasteiger partial charge >= 0.3 is 0 Å². The van der Waals surface area contributed by atoms with Crippen LogP contribution in [0.1, 0.15) is 37.7 Å². The number of hydrogen-bond donors (Lipinski definition) is 0. The molecular formula is C30H27NS. The topological polar surface area (TPSA) is 12.9 Å². The molecule has 0 bridgehead atoms. The van der Waals surface area contributed by atoms with Gasteiger partial charge in [0.05, 0.1) is 5.69 Å². The fraction of sp³-hybridized carbons (Fsp3) is 0.233. The minimum Gasteiger partial charge on any atom is -0.256 e. The van der Waals surface area contributed by atoms with Crippen molar-refractivity contribution in [2.75, 3.05) is 0 Å². The van der Waals surface area contributed by atoms with E-state index >= 15 is 0 Å². The van der Waals surface area contributed by atoms with Crippen molar-refractivity contribution < 1.29 is 0 Å². The summed E-state index contributed by atoms with van der Waals surface area (Å²) in [7, 11) is 0. The van der Waals surface area contributed by atoms with E-state index in [1.807, 2.05) is 17.5 Å². The van der Waals surface area contributed by atoms with Crippen LogP contribution in [0.4, 0.5) is 0 Å². The summed E-state index contributed by atoms with van der Waals surface area (Å²) in [5.41, 5.74) is 6.39. The summed E-state index contributed by atoms with van der Waals surface area (Å²) in [6, 6.07) is 28.7. The Morgan fingerprint density at radius 3 is 2.22 bits per heavy atom. The van der Waals surface area contributed by atoms with Gasteiger partial charge in [0.25, 0.3) is 0 Å². The molecule has 1 nitrogen and oxygen atoms in total. The van der Waals surface area contributed by atoms with Crippen molar-refractivity contribution in [3.8, 4) is 22.4 Å². The maximum Gasteiger partial charge on any atom is 0.0719 e. The van der Waals surface area contributed by atoms with E-state index in [1.54, 1.807) is 0 Å². The van der Waals surface area contributed by atoms with Crippen molar-refractivity contribution >= 4 is 31.5 Å². The van der Waals surface area contributed by atoms with Crippen LogP contribution in [0, 0.1) is 5.92 Å². The lowest BCUT2D eigenvalue weighted by atomic mass is 9.85. The molecule has 5 aromatic rings. The molecule has 2 heteroatoms. The molecule has 0 unspecified atom stereocenters. The molecule has 3 aromatic carbocycles. The zero-order valence-corrected chi connectivity index (χ0v) is 19.1. The third kappa shape index (κ3) is 3.63. The molecule has 158 valence electrons. The first-order valence-electron chi connectivity index (χ1n) is 11.8. The monoisotopic (exact) mass is 433 g/mol. The summed E-state index contributed by atoms with van der Waals surface area (Å²) >= 11 is 1.91. The maximum absolute atomic E-state index is 4.81. The zero-order chi connectivity index (χ0) is 21.3. The summed E-state index contributed by atoms with van der Waals surface area (Å²) in [4.78, 5) is 4.81. The van der Waals surface area contributed by atoms with Crippen LogP contribution < -0.4 is 0 Å². The third-order valence-electron chi connectivity index (χ3n) is 6.96.